The lowest BCUT2D eigenvalue weighted by Gasteiger charge is -2.29. The molecule has 0 spiro atoms. The fraction of sp³-hybridized carbons (Fsp3) is 0.375. The van der Waals surface area contributed by atoms with Crippen LogP contribution in [-0.4, -0.2) is 45.4 Å². The zero-order valence-corrected chi connectivity index (χ0v) is 17.8. The number of hydrogen-bond donors (Lipinski definition) is 0. The second kappa shape index (κ2) is 8.59. The lowest BCUT2D eigenvalue weighted by molar-refractivity contribution is -0.137. The molecular formula is C24H26FN3O3. The number of hydrogen-bond acceptors (Lipinski definition) is 4. The summed E-state index contributed by atoms with van der Waals surface area (Å²) >= 11 is 0. The normalized spacial score (nSPS) is 14.0. The predicted octanol–water partition coefficient (Wildman–Crippen LogP) is 3.49. The Labute approximate surface area is 180 Å². The molecule has 0 fully saturated rings. The number of nitrogens with zero attached hydrogens (tertiary/aromatic N) is 3. The highest BCUT2D eigenvalue weighted by Crippen LogP contribution is 2.30. The second-order valence-electron chi connectivity index (χ2n) is 8.40. The van der Waals surface area contributed by atoms with Crippen LogP contribution in [0, 0.1) is 5.82 Å². The van der Waals surface area contributed by atoms with E-state index in [1.807, 2.05) is 17.0 Å². The maximum Gasteiger partial charge on any atom is 0.225 e. The molecule has 1 aliphatic rings. The molecule has 3 heterocycles. The molecule has 2 aromatic heterocycles. The van der Waals surface area contributed by atoms with E-state index in [0.717, 1.165) is 35.0 Å². The minimum atomic E-state index is -0.890. The van der Waals surface area contributed by atoms with Gasteiger partial charge in [0, 0.05) is 30.4 Å². The Morgan fingerprint density at radius 1 is 1.29 bits per heavy atom. The molecule has 1 aromatic carbocycles. The maximum atomic E-state index is 13.7. The van der Waals surface area contributed by atoms with Crippen molar-refractivity contribution < 1.29 is 18.7 Å². The Morgan fingerprint density at radius 3 is 2.90 bits per heavy atom. The van der Waals surface area contributed by atoms with Gasteiger partial charge in [-0.25, -0.2) is 9.37 Å². The third kappa shape index (κ3) is 4.51. The molecular weight excluding hydrogens is 397 g/mol. The van der Waals surface area contributed by atoms with Crippen molar-refractivity contribution in [3.8, 4) is 0 Å². The van der Waals surface area contributed by atoms with Crippen LogP contribution in [0.1, 0.15) is 37.1 Å². The first kappa shape index (κ1) is 21.2. The fourth-order valence-electron chi connectivity index (χ4n) is 4.05. The Hall–Kier alpha value is -3.06. The summed E-state index contributed by atoms with van der Waals surface area (Å²) in [5.41, 5.74) is 3.03. The fourth-order valence-corrected chi connectivity index (χ4v) is 4.05. The molecule has 0 saturated heterocycles. The minimum absolute atomic E-state index is 0.0112. The first-order valence-electron chi connectivity index (χ1n) is 10.5. The summed E-state index contributed by atoms with van der Waals surface area (Å²) in [6.07, 6.45) is 3.45. The monoisotopic (exact) mass is 423 g/mol. The molecule has 0 atom stereocenters. The summed E-state index contributed by atoms with van der Waals surface area (Å²) in [6.45, 7) is 5.12. The van der Waals surface area contributed by atoms with Crippen LogP contribution in [0.4, 0.5) is 4.39 Å². The summed E-state index contributed by atoms with van der Waals surface area (Å²) in [7, 11) is 0. The number of amides is 1. The van der Waals surface area contributed by atoms with E-state index >= 15 is 0 Å². The lowest BCUT2D eigenvalue weighted by Crippen LogP contribution is -2.38. The van der Waals surface area contributed by atoms with Crippen LogP contribution < -0.4 is 0 Å². The molecule has 162 valence electrons. The molecule has 0 saturated carbocycles. The van der Waals surface area contributed by atoms with Gasteiger partial charge in [-0.3, -0.25) is 4.79 Å². The number of pyridine rings is 1. The highest BCUT2D eigenvalue weighted by molar-refractivity contribution is 5.84. The quantitative estimate of drug-likeness (QED) is 0.546. The number of carbonyl (C=O) groups is 2. The summed E-state index contributed by atoms with van der Waals surface area (Å²) in [5.74, 6) is -0.284. The van der Waals surface area contributed by atoms with Crippen LogP contribution in [0.15, 0.2) is 42.6 Å². The van der Waals surface area contributed by atoms with Crippen LogP contribution in [0.2, 0.25) is 0 Å². The summed E-state index contributed by atoms with van der Waals surface area (Å²) in [6, 6.07) is 10.5. The molecule has 1 aliphatic heterocycles. The predicted molar refractivity (Wildman–Crippen MR) is 115 cm³/mol. The smallest absolute Gasteiger partial charge is 0.225 e. The van der Waals surface area contributed by atoms with Crippen LogP contribution in [-0.2, 0) is 33.8 Å². The van der Waals surface area contributed by atoms with Crippen molar-refractivity contribution in [2.75, 3.05) is 13.2 Å². The zero-order chi connectivity index (χ0) is 22.0. The van der Waals surface area contributed by atoms with E-state index < -0.39 is 5.60 Å². The Kier molecular flexibility index (Phi) is 5.87. The molecule has 0 N–H and O–H groups in total. The van der Waals surface area contributed by atoms with E-state index in [9.17, 15) is 14.0 Å². The van der Waals surface area contributed by atoms with Crippen molar-refractivity contribution in [1.82, 2.24) is 14.5 Å². The minimum Gasteiger partial charge on any atom is -0.368 e. The number of halogens is 1. The van der Waals surface area contributed by atoms with Gasteiger partial charge in [0.15, 0.2) is 6.29 Å². The van der Waals surface area contributed by atoms with Gasteiger partial charge in [0.25, 0.3) is 0 Å². The van der Waals surface area contributed by atoms with Crippen LogP contribution in [0.25, 0.3) is 11.0 Å². The van der Waals surface area contributed by atoms with Gasteiger partial charge in [-0.2, -0.15) is 0 Å². The van der Waals surface area contributed by atoms with E-state index in [4.69, 9.17) is 4.74 Å². The standard InChI is InChI=1S/C24H26FN3O3/c1-24(2,16-29)31-12-9-22(30)27-11-8-19-20-7-4-10-26-23(20)28(21(19)15-27)14-17-5-3-6-18(25)13-17/h3-7,10,13,16H,8-9,11-12,14-15H2,1-2H3. The molecule has 1 amide bonds. The largest absolute Gasteiger partial charge is 0.368 e. The summed E-state index contributed by atoms with van der Waals surface area (Å²) in [5, 5.41) is 1.08. The highest BCUT2D eigenvalue weighted by Gasteiger charge is 2.27. The first-order valence-corrected chi connectivity index (χ1v) is 10.5. The van der Waals surface area contributed by atoms with Crippen molar-refractivity contribution >= 4 is 23.2 Å². The van der Waals surface area contributed by atoms with Gasteiger partial charge in [0.1, 0.15) is 17.1 Å². The van der Waals surface area contributed by atoms with Gasteiger partial charge >= 0.3 is 0 Å². The molecule has 0 bridgehead atoms. The van der Waals surface area contributed by atoms with Gasteiger partial charge in [0.2, 0.25) is 5.91 Å². The highest BCUT2D eigenvalue weighted by atomic mass is 19.1. The number of rotatable bonds is 7. The average Bonchev–Trinajstić information content (AvgIpc) is 3.07. The van der Waals surface area contributed by atoms with Crippen LogP contribution >= 0.6 is 0 Å². The van der Waals surface area contributed by atoms with E-state index in [2.05, 4.69) is 15.6 Å². The number of fused-ring (bicyclic) bond motifs is 3. The number of carbonyl (C=O) groups excluding carboxylic acids is 2. The van der Waals surface area contributed by atoms with Crippen molar-refractivity contribution in [1.29, 1.82) is 0 Å². The van der Waals surface area contributed by atoms with Gasteiger partial charge in [-0.1, -0.05) is 12.1 Å². The van der Waals surface area contributed by atoms with E-state index in [1.54, 1.807) is 26.1 Å². The Bertz CT molecular complexity index is 1120. The van der Waals surface area contributed by atoms with Gasteiger partial charge in [0.05, 0.1) is 19.6 Å². The Morgan fingerprint density at radius 2 is 2.13 bits per heavy atom. The molecule has 0 aliphatic carbocycles. The molecule has 6 nitrogen and oxygen atoms in total. The molecule has 31 heavy (non-hydrogen) atoms. The topological polar surface area (TPSA) is 64.4 Å². The van der Waals surface area contributed by atoms with Gasteiger partial charge in [-0.15, -0.1) is 0 Å². The SMILES string of the molecule is CC(C)(C=O)OCCC(=O)N1CCc2c(n(Cc3cccc(F)c3)c3ncccc23)C1. The maximum absolute atomic E-state index is 13.7. The number of ether oxygens (including phenoxy) is 1. The van der Waals surface area contributed by atoms with Crippen LogP contribution in [0.5, 0.6) is 0 Å². The van der Waals surface area contributed by atoms with Crippen LogP contribution in [0.3, 0.4) is 0 Å². The number of aromatic nitrogens is 2. The summed E-state index contributed by atoms with van der Waals surface area (Å²) < 4.78 is 21.3. The summed E-state index contributed by atoms with van der Waals surface area (Å²) in [4.78, 5) is 30.2. The molecule has 4 rings (SSSR count). The van der Waals surface area contributed by atoms with Gasteiger partial charge in [-0.05, 0) is 55.7 Å². The zero-order valence-electron chi connectivity index (χ0n) is 17.8. The van der Waals surface area contributed by atoms with E-state index in [-0.39, 0.29) is 24.8 Å². The van der Waals surface area contributed by atoms with Gasteiger partial charge < -0.3 is 19.0 Å². The average molecular weight is 423 g/mol. The molecule has 0 unspecified atom stereocenters. The van der Waals surface area contributed by atoms with E-state index in [1.165, 1.54) is 17.7 Å². The van der Waals surface area contributed by atoms with E-state index in [0.29, 0.717) is 19.6 Å². The van der Waals surface area contributed by atoms with Crippen molar-refractivity contribution in [3.63, 3.8) is 0 Å². The molecule has 0 radical (unpaired) electrons. The molecule has 3 aromatic rings. The second-order valence-corrected chi connectivity index (χ2v) is 8.40. The van der Waals surface area contributed by atoms with Crippen molar-refractivity contribution in [3.05, 3.63) is 65.2 Å². The van der Waals surface area contributed by atoms with Crippen molar-refractivity contribution in [2.45, 2.75) is 45.4 Å². The lowest BCUT2D eigenvalue weighted by atomic mass is 10.0. The Balaban J connectivity index is 1.58. The number of benzene rings is 1. The van der Waals surface area contributed by atoms with Crippen molar-refractivity contribution in [2.24, 2.45) is 0 Å². The molecule has 7 heteroatoms. The third-order valence-corrected chi connectivity index (χ3v) is 5.67. The third-order valence-electron chi connectivity index (χ3n) is 5.67. The first-order chi connectivity index (χ1) is 14.9. The number of aldehydes is 1.